The Balaban J connectivity index is 2.21. The lowest BCUT2D eigenvalue weighted by atomic mass is 10.0. The second-order valence-electron chi connectivity index (χ2n) is 4.53. The predicted molar refractivity (Wildman–Crippen MR) is 79.3 cm³/mol. The van der Waals surface area contributed by atoms with E-state index in [0.29, 0.717) is 10.7 Å². The standard InChI is InChI=1S/C15H12ClN3O/c1-9-5-11(7-12(16)6-9)14-13(15(17)20-19-14)10-3-2-4-18-8-10/h2-8H,17H2,1H3. The molecule has 100 valence electrons. The van der Waals surface area contributed by atoms with Gasteiger partial charge in [0.25, 0.3) is 0 Å². The molecule has 2 aromatic heterocycles. The van der Waals surface area contributed by atoms with E-state index in [2.05, 4.69) is 10.1 Å². The van der Waals surface area contributed by atoms with Gasteiger partial charge in [-0.25, -0.2) is 0 Å². The van der Waals surface area contributed by atoms with Gasteiger partial charge in [0.05, 0.1) is 5.56 Å². The van der Waals surface area contributed by atoms with E-state index in [9.17, 15) is 0 Å². The molecule has 5 heteroatoms. The maximum atomic E-state index is 6.10. The van der Waals surface area contributed by atoms with Gasteiger partial charge < -0.3 is 10.3 Å². The number of rotatable bonds is 2. The van der Waals surface area contributed by atoms with Gasteiger partial charge in [0.2, 0.25) is 5.88 Å². The quantitative estimate of drug-likeness (QED) is 0.774. The number of halogens is 1. The van der Waals surface area contributed by atoms with Crippen molar-refractivity contribution in [3.05, 3.63) is 53.3 Å². The van der Waals surface area contributed by atoms with Gasteiger partial charge >= 0.3 is 0 Å². The maximum absolute atomic E-state index is 6.10. The molecular formula is C15H12ClN3O. The highest BCUT2D eigenvalue weighted by molar-refractivity contribution is 6.31. The number of nitrogens with two attached hydrogens (primary N) is 1. The van der Waals surface area contributed by atoms with Crippen molar-refractivity contribution in [1.29, 1.82) is 0 Å². The maximum Gasteiger partial charge on any atom is 0.230 e. The van der Waals surface area contributed by atoms with Crippen LogP contribution in [0.1, 0.15) is 5.56 Å². The third-order valence-corrected chi connectivity index (χ3v) is 3.20. The number of hydrogen-bond donors (Lipinski definition) is 1. The second kappa shape index (κ2) is 4.98. The molecule has 3 rings (SSSR count). The minimum Gasteiger partial charge on any atom is -0.367 e. The van der Waals surface area contributed by atoms with Crippen LogP contribution < -0.4 is 5.73 Å². The molecule has 0 aliphatic carbocycles. The zero-order valence-corrected chi connectivity index (χ0v) is 11.6. The van der Waals surface area contributed by atoms with Gasteiger partial charge in [-0.05, 0) is 36.8 Å². The molecule has 0 unspecified atom stereocenters. The third-order valence-electron chi connectivity index (χ3n) is 2.98. The van der Waals surface area contributed by atoms with Gasteiger partial charge in [0.15, 0.2) is 0 Å². The van der Waals surface area contributed by atoms with Gasteiger partial charge in [-0.2, -0.15) is 0 Å². The van der Waals surface area contributed by atoms with Crippen LogP contribution in [0, 0.1) is 6.92 Å². The van der Waals surface area contributed by atoms with Crippen molar-refractivity contribution in [2.45, 2.75) is 6.92 Å². The van der Waals surface area contributed by atoms with Gasteiger partial charge in [0, 0.05) is 28.5 Å². The molecule has 4 nitrogen and oxygen atoms in total. The second-order valence-corrected chi connectivity index (χ2v) is 4.97. The number of pyridine rings is 1. The summed E-state index contributed by atoms with van der Waals surface area (Å²) in [6.07, 6.45) is 3.43. The number of aromatic nitrogens is 2. The summed E-state index contributed by atoms with van der Waals surface area (Å²) in [6.45, 7) is 1.97. The van der Waals surface area contributed by atoms with Crippen LogP contribution in [-0.2, 0) is 0 Å². The number of nitrogens with zero attached hydrogens (tertiary/aromatic N) is 2. The SMILES string of the molecule is Cc1cc(Cl)cc(-c2noc(N)c2-c2cccnc2)c1. The van der Waals surface area contributed by atoms with Crippen molar-refractivity contribution in [3.63, 3.8) is 0 Å². The minimum absolute atomic E-state index is 0.269. The van der Waals surface area contributed by atoms with Gasteiger partial charge in [-0.1, -0.05) is 22.8 Å². The van der Waals surface area contributed by atoms with Crippen LogP contribution in [-0.4, -0.2) is 10.1 Å². The van der Waals surface area contributed by atoms with Crippen molar-refractivity contribution in [3.8, 4) is 22.4 Å². The van der Waals surface area contributed by atoms with Crippen molar-refractivity contribution in [1.82, 2.24) is 10.1 Å². The van der Waals surface area contributed by atoms with E-state index >= 15 is 0 Å². The Labute approximate surface area is 121 Å². The molecule has 0 aliphatic heterocycles. The highest BCUT2D eigenvalue weighted by Gasteiger charge is 2.18. The summed E-state index contributed by atoms with van der Waals surface area (Å²) in [4.78, 5) is 4.10. The lowest BCUT2D eigenvalue weighted by molar-refractivity contribution is 0.439. The van der Waals surface area contributed by atoms with Crippen molar-refractivity contribution < 1.29 is 4.52 Å². The highest BCUT2D eigenvalue weighted by atomic mass is 35.5. The van der Waals surface area contributed by atoms with Gasteiger partial charge in [-0.15, -0.1) is 0 Å². The zero-order valence-electron chi connectivity index (χ0n) is 10.8. The average molecular weight is 286 g/mol. The molecule has 0 radical (unpaired) electrons. The first-order valence-electron chi connectivity index (χ1n) is 6.08. The van der Waals surface area contributed by atoms with Crippen molar-refractivity contribution in [2.24, 2.45) is 0 Å². The van der Waals surface area contributed by atoms with Crippen LogP contribution in [0.3, 0.4) is 0 Å². The van der Waals surface area contributed by atoms with Gasteiger partial charge in [-0.3, -0.25) is 4.98 Å². The fourth-order valence-electron chi connectivity index (χ4n) is 2.16. The van der Waals surface area contributed by atoms with E-state index in [1.165, 1.54) is 0 Å². The van der Waals surface area contributed by atoms with Crippen LogP contribution in [0.5, 0.6) is 0 Å². The van der Waals surface area contributed by atoms with Crippen LogP contribution in [0.4, 0.5) is 5.88 Å². The molecule has 0 saturated heterocycles. The fraction of sp³-hybridized carbons (Fsp3) is 0.0667. The summed E-state index contributed by atoms with van der Waals surface area (Å²) < 4.78 is 5.14. The van der Waals surface area contributed by atoms with Crippen LogP contribution in [0.25, 0.3) is 22.4 Å². The molecular weight excluding hydrogens is 274 g/mol. The van der Waals surface area contributed by atoms with Crippen LogP contribution in [0.15, 0.2) is 47.2 Å². The van der Waals surface area contributed by atoms with Gasteiger partial charge in [0.1, 0.15) is 5.69 Å². The first kappa shape index (κ1) is 12.7. The molecule has 2 N–H and O–H groups in total. The van der Waals surface area contributed by atoms with E-state index in [-0.39, 0.29) is 5.88 Å². The predicted octanol–water partition coefficient (Wildman–Crippen LogP) is 3.95. The molecule has 0 fully saturated rings. The van der Waals surface area contributed by atoms with Crippen molar-refractivity contribution in [2.75, 3.05) is 5.73 Å². The highest BCUT2D eigenvalue weighted by Crippen LogP contribution is 2.36. The average Bonchev–Trinajstić information content (AvgIpc) is 2.80. The Morgan fingerprint density at radius 2 is 2.05 bits per heavy atom. The number of hydrogen-bond acceptors (Lipinski definition) is 4. The molecule has 3 aromatic rings. The number of anilines is 1. The molecule has 2 heterocycles. The minimum atomic E-state index is 0.269. The third kappa shape index (κ3) is 2.26. The molecule has 0 bridgehead atoms. The summed E-state index contributed by atoms with van der Waals surface area (Å²) in [5.74, 6) is 0.269. The van der Waals surface area contributed by atoms with Crippen molar-refractivity contribution >= 4 is 17.5 Å². The molecule has 0 amide bonds. The Bertz CT molecular complexity index is 733. The number of aryl methyl sites for hydroxylation is 1. The summed E-state index contributed by atoms with van der Waals surface area (Å²) in [5, 5.41) is 4.71. The van der Waals surface area contributed by atoms with Crippen LogP contribution in [0.2, 0.25) is 5.02 Å². The first-order valence-corrected chi connectivity index (χ1v) is 6.46. The Morgan fingerprint density at radius 1 is 1.20 bits per heavy atom. The number of benzene rings is 1. The summed E-state index contributed by atoms with van der Waals surface area (Å²) in [7, 11) is 0. The molecule has 0 atom stereocenters. The summed E-state index contributed by atoms with van der Waals surface area (Å²) in [5.41, 5.74) is 10.1. The van der Waals surface area contributed by atoms with E-state index in [4.69, 9.17) is 21.9 Å². The largest absolute Gasteiger partial charge is 0.367 e. The van der Waals surface area contributed by atoms with E-state index in [0.717, 1.165) is 22.3 Å². The monoisotopic (exact) mass is 285 g/mol. The first-order chi connectivity index (χ1) is 9.65. The summed E-state index contributed by atoms with van der Waals surface area (Å²) in [6, 6.07) is 9.47. The zero-order chi connectivity index (χ0) is 14.1. The van der Waals surface area contributed by atoms with E-state index in [1.807, 2.05) is 37.3 Å². The normalized spacial score (nSPS) is 10.7. The fourth-order valence-corrected chi connectivity index (χ4v) is 2.45. The molecule has 0 spiro atoms. The summed E-state index contributed by atoms with van der Waals surface area (Å²) >= 11 is 6.10. The lowest BCUT2D eigenvalue weighted by Crippen LogP contribution is -1.89. The molecule has 1 aromatic carbocycles. The molecule has 20 heavy (non-hydrogen) atoms. The Hall–Kier alpha value is -2.33. The van der Waals surface area contributed by atoms with E-state index < -0.39 is 0 Å². The van der Waals surface area contributed by atoms with E-state index in [1.54, 1.807) is 12.4 Å². The topological polar surface area (TPSA) is 64.9 Å². The number of nitrogen functional groups attached to an aromatic ring is 1. The smallest absolute Gasteiger partial charge is 0.230 e. The lowest BCUT2D eigenvalue weighted by Gasteiger charge is -2.04. The Kier molecular flexibility index (Phi) is 3.16. The molecule has 0 aliphatic rings. The molecule has 0 saturated carbocycles. The van der Waals surface area contributed by atoms with Crippen LogP contribution >= 0.6 is 11.6 Å². The Morgan fingerprint density at radius 3 is 2.75 bits per heavy atom.